The summed E-state index contributed by atoms with van der Waals surface area (Å²) in [6.45, 7) is 22.0. The van der Waals surface area contributed by atoms with Crippen LogP contribution in [0.2, 0.25) is 5.15 Å². The molecule has 0 bridgehead atoms. The van der Waals surface area contributed by atoms with E-state index in [-0.39, 0.29) is 30.5 Å². The van der Waals surface area contributed by atoms with Crippen molar-refractivity contribution in [2.75, 3.05) is 13.1 Å². The molecule has 0 saturated carbocycles. The third kappa shape index (κ3) is 12.0. The van der Waals surface area contributed by atoms with E-state index in [1.54, 1.807) is 118 Å². The number of nitrogens with zero attached hydrogens (tertiary/aromatic N) is 7. The largest absolute Gasteiger partial charge is 0.458 e. The van der Waals surface area contributed by atoms with Crippen LogP contribution in [0, 0.1) is 0 Å². The van der Waals surface area contributed by atoms with Gasteiger partial charge in [-0.15, -0.1) is 0 Å². The fraction of sp³-hybridized carbons (Fsp3) is 0.619. The summed E-state index contributed by atoms with van der Waals surface area (Å²) in [7, 11) is 0. The van der Waals surface area contributed by atoms with Crippen LogP contribution < -0.4 is 5.56 Å². The van der Waals surface area contributed by atoms with E-state index in [4.69, 9.17) is 30.5 Å². The molecule has 4 aromatic heterocycles. The van der Waals surface area contributed by atoms with Gasteiger partial charge in [0.15, 0.2) is 11.3 Å². The monoisotopic (exact) mass is 854 g/mol. The van der Waals surface area contributed by atoms with Crippen molar-refractivity contribution in [2.45, 2.75) is 155 Å². The lowest BCUT2D eigenvalue weighted by atomic mass is 9.90. The first-order chi connectivity index (χ1) is 27.7. The van der Waals surface area contributed by atoms with Gasteiger partial charge in [0.1, 0.15) is 39.6 Å². The summed E-state index contributed by atoms with van der Waals surface area (Å²) >= 11 is 6.34. The van der Waals surface area contributed by atoms with Crippen molar-refractivity contribution in [1.29, 1.82) is 0 Å². The molecule has 1 N–H and O–H groups in total. The number of esters is 2. The van der Waals surface area contributed by atoms with Crippen molar-refractivity contribution < 1.29 is 38.1 Å². The molecule has 0 aromatic carbocycles. The number of amides is 2. The minimum atomic E-state index is -0.743. The highest BCUT2D eigenvalue weighted by Crippen LogP contribution is 2.34. The van der Waals surface area contributed by atoms with Crippen molar-refractivity contribution in [3.8, 4) is 0 Å². The van der Waals surface area contributed by atoms with Gasteiger partial charge in [0.2, 0.25) is 0 Å². The molecule has 2 amide bonds. The summed E-state index contributed by atoms with van der Waals surface area (Å²) in [5.74, 6) is -1.16. The van der Waals surface area contributed by atoms with Gasteiger partial charge in [0.25, 0.3) is 5.56 Å². The van der Waals surface area contributed by atoms with Crippen LogP contribution in [0.25, 0.3) is 11.3 Å². The number of nitrogens with one attached hydrogen (secondary N) is 1. The average Bonchev–Trinajstić information content (AvgIpc) is 3.79. The Kier molecular flexibility index (Phi) is 13.3. The zero-order valence-electron chi connectivity index (χ0n) is 36.7. The van der Waals surface area contributed by atoms with Crippen LogP contribution in [0.15, 0.2) is 41.5 Å². The number of hydrogen-bond donors (Lipinski definition) is 1. The number of rotatable bonds is 4. The smallest absolute Gasteiger partial charge is 0.411 e. The minimum absolute atomic E-state index is 0.0893. The van der Waals surface area contributed by atoms with Crippen molar-refractivity contribution in [2.24, 2.45) is 0 Å². The number of aromatic amines is 1. The fourth-order valence-electron chi connectivity index (χ4n) is 6.96. The highest BCUT2D eigenvalue weighted by atomic mass is 35.5. The molecule has 60 heavy (non-hydrogen) atoms. The van der Waals surface area contributed by atoms with Crippen LogP contribution in [-0.2, 0) is 28.5 Å². The molecule has 17 nitrogen and oxygen atoms in total. The molecule has 18 heteroatoms. The third-order valence-corrected chi connectivity index (χ3v) is 9.62. The van der Waals surface area contributed by atoms with E-state index in [0.29, 0.717) is 47.8 Å². The van der Waals surface area contributed by atoms with E-state index in [9.17, 15) is 24.0 Å². The van der Waals surface area contributed by atoms with Gasteiger partial charge in [0, 0.05) is 49.3 Å². The Balaban J connectivity index is 0.000000228. The van der Waals surface area contributed by atoms with Crippen molar-refractivity contribution in [1.82, 2.24) is 39.0 Å². The summed E-state index contributed by atoms with van der Waals surface area (Å²) < 4.78 is 25.1. The van der Waals surface area contributed by atoms with E-state index in [1.165, 1.54) is 20.4 Å². The first-order valence-corrected chi connectivity index (χ1v) is 20.6. The molecular weight excluding hydrogens is 796 g/mol. The number of H-pyrrole nitrogens is 1. The number of fused-ring (bicyclic) bond motifs is 2. The SMILES string of the molecule is CC(C)(C)OC(=O)[C@@H]1CC[C@H](c2cc(=O)n3[nH]ccc3n2)CN1C(=O)OC(C)(C)C.CC(C)(C)OC(=O)[C@@H]1CC[C@H](c2cc(Cl)n3nccc3n2)CN1C(=O)OC(C)(C)C. The Morgan fingerprint density at radius 3 is 1.57 bits per heavy atom. The molecular formula is C42H59ClN8O9. The van der Waals surface area contributed by atoms with E-state index in [0.717, 1.165) is 5.69 Å². The lowest BCUT2D eigenvalue weighted by Crippen LogP contribution is -2.53. The normalized spacial score (nSPS) is 20.3. The maximum Gasteiger partial charge on any atom is 0.411 e. The molecule has 2 aliphatic rings. The summed E-state index contributed by atoms with van der Waals surface area (Å²) in [5.41, 5.74) is -0.424. The molecule has 2 aliphatic heterocycles. The average molecular weight is 855 g/mol. The van der Waals surface area contributed by atoms with Gasteiger partial charge >= 0.3 is 24.1 Å². The van der Waals surface area contributed by atoms with E-state index in [1.807, 2.05) is 0 Å². The minimum Gasteiger partial charge on any atom is -0.458 e. The van der Waals surface area contributed by atoms with Gasteiger partial charge in [-0.05, 0) is 115 Å². The second-order valence-electron chi connectivity index (χ2n) is 19.2. The number of hydrogen-bond acceptors (Lipinski definition) is 12. The molecule has 4 atom stereocenters. The molecule has 0 unspecified atom stereocenters. The Bertz CT molecular complexity index is 2260. The number of piperidine rings is 2. The lowest BCUT2D eigenvalue weighted by molar-refractivity contribution is -0.163. The highest BCUT2D eigenvalue weighted by molar-refractivity contribution is 6.29. The topological polar surface area (TPSA) is 192 Å². The van der Waals surface area contributed by atoms with Gasteiger partial charge in [-0.2, -0.15) is 5.10 Å². The fourth-order valence-corrected chi connectivity index (χ4v) is 7.20. The molecule has 2 saturated heterocycles. The predicted octanol–water partition coefficient (Wildman–Crippen LogP) is 7.05. The van der Waals surface area contributed by atoms with Crippen molar-refractivity contribution in [3.63, 3.8) is 0 Å². The Hall–Kier alpha value is -5.19. The van der Waals surface area contributed by atoms with Gasteiger partial charge in [-0.1, -0.05) is 11.6 Å². The van der Waals surface area contributed by atoms with E-state index >= 15 is 0 Å². The van der Waals surface area contributed by atoms with Gasteiger partial charge in [0.05, 0.1) is 17.6 Å². The van der Waals surface area contributed by atoms with Gasteiger partial charge in [-0.25, -0.2) is 38.2 Å². The second-order valence-corrected chi connectivity index (χ2v) is 19.6. The molecule has 0 spiro atoms. The Morgan fingerprint density at radius 1 is 0.650 bits per heavy atom. The quantitative estimate of drug-likeness (QED) is 0.125. The number of aromatic nitrogens is 6. The highest BCUT2D eigenvalue weighted by Gasteiger charge is 2.43. The molecule has 0 aliphatic carbocycles. The number of likely N-dealkylation sites (tertiary alicyclic amines) is 2. The van der Waals surface area contributed by atoms with E-state index in [2.05, 4.69) is 20.2 Å². The van der Waals surface area contributed by atoms with Gasteiger partial charge in [-0.3, -0.25) is 19.7 Å². The van der Waals surface area contributed by atoms with Crippen LogP contribution in [-0.4, -0.2) is 111 Å². The summed E-state index contributed by atoms with van der Waals surface area (Å²) in [6.07, 6.45) is 4.24. The maximum atomic E-state index is 12.9. The zero-order chi connectivity index (χ0) is 44.5. The Labute approximate surface area is 355 Å². The van der Waals surface area contributed by atoms with Gasteiger partial charge < -0.3 is 18.9 Å². The number of ether oxygens (including phenoxy) is 4. The number of halogens is 1. The van der Waals surface area contributed by atoms with Crippen LogP contribution in [0.5, 0.6) is 0 Å². The van der Waals surface area contributed by atoms with Crippen molar-refractivity contribution >= 4 is 47.0 Å². The summed E-state index contributed by atoms with van der Waals surface area (Å²) in [5, 5.41) is 7.39. The number of carbonyl (C=O) groups is 4. The molecule has 6 rings (SSSR count). The summed E-state index contributed by atoms with van der Waals surface area (Å²) in [4.78, 5) is 75.9. The molecule has 2 fully saturated rings. The molecule has 4 aromatic rings. The van der Waals surface area contributed by atoms with E-state index < -0.39 is 58.6 Å². The number of carbonyl (C=O) groups excluding carboxylic acids is 4. The third-order valence-electron chi connectivity index (χ3n) is 9.35. The molecule has 6 heterocycles. The first kappa shape index (κ1) is 45.9. The molecule has 328 valence electrons. The maximum absolute atomic E-state index is 12.9. The van der Waals surface area contributed by atoms with Crippen LogP contribution in [0.4, 0.5) is 9.59 Å². The molecule has 0 radical (unpaired) electrons. The van der Waals surface area contributed by atoms with Crippen molar-refractivity contribution in [3.05, 3.63) is 63.6 Å². The predicted molar refractivity (Wildman–Crippen MR) is 223 cm³/mol. The van der Waals surface area contributed by atoms with Crippen LogP contribution in [0.3, 0.4) is 0 Å². The summed E-state index contributed by atoms with van der Waals surface area (Å²) in [6, 6.07) is 5.26. The van der Waals surface area contributed by atoms with Crippen LogP contribution in [0.1, 0.15) is 132 Å². The van der Waals surface area contributed by atoms with Crippen LogP contribution >= 0.6 is 11.6 Å². The zero-order valence-corrected chi connectivity index (χ0v) is 37.5. The first-order valence-electron chi connectivity index (χ1n) is 20.2. The second kappa shape index (κ2) is 17.4. The lowest BCUT2D eigenvalue weighted by Gasteiger charge is -2.39. The standard InChI is InChI=1S/C21H29ClN4O4.C21H30N4O5/c1-20(2,3)29-18(27)15-8-7-13(12-25(15)19(28)30-21(4,5)6)14-11-16(22)26-17(24-14)9-10-23-26;1-20(2,3)29-18(27)15-8-7-13(12-24(15)19(28)30-21(4,5)6)14-11-17(26)25-16(23-14)9-10-22-25/h9-11,13,15H,7-8,12H2,1-6H3;9-11,13,15,22H,7-8,12H2,1-6H3/t2*13-,15-/m00/s1. The Morgan fingerprint density at radius 2 is 1.10 bits per heavy atom.